The molecule has 2 aliphatic heterocycles. The molecule has 2 rings (SSSR count). The van der Waals surface area contributed by atoms with Crippen LogP contribution in [0, 0.1) is 23.7 Å². The zero-order chi connectivity index (χ0) is 17.9. The van der Waals surface area contributed by atoms with Gasteiger partial charge in [0.05, 0.1) is 0 Å². The Morgan fingerprint density at radius 1 is 0.875 bits per heavy atom. The molecular formula is C22H44N2. The smallest absolute Gasteiger partial charge is 0.0130 e. The minimum atomic E-state index is 0.703. The molecule has 2 nitrogen and oxygen atoms in total. The first-order valence-electron chi connectivity index (χ1n) is 10.8. The maximum absolute atomic E-state index is 2.82. The predicted octanol–water partition coefficient (Wildman–Crippen LogP) is 5.28. The summed E-state index contributed by atoms with van der Waals surface area (Å²) in [7, 11) is 0. The van der Waals surface area contributed by atoms with Gasteiger partial charge >= 0.3 is 0 Å². The van der Waals surface area contributed by atoms with Crippen LogP contribution in [0.5, 0.6) is 0 Å². The van der Waals surface area contributed by atoms with Crippen molar-refractivity contribution in [1.82, 2.24) is 9.80 Å². The van der Waals surface area contributed by atoms with Gasteiger partial charge in [-0.2, -0.15) is 0 Å². The van der Waals surface area contributed by atoms with Crippen LogP contribution in [-0.4, -0.2) is 47.6 Å². The molecule has 0 N–H and O–H groups in total. The fraction of sp³-hybridized carbons (Fsp3) is 1.00. The van der Waals surface area contributed by atoms with Crippen LogP contribution >= 0.6 is 0 Å². The third-order valence-electron chi connectivity index (χ3n) is 6.80. The van der Waals surface area contributed by atoms with E-state index in [2.05, 4.69) is 58.3 Å². The van der Waals surface area contributed by atoms with Crippen molar-refractivity contribution < 1.29 is 0 Å². The fourth-order valence-electron chi connectivity index (χ4n) is 5.24. The van der Waals surface area contributed by atoms with E-state index in [9.17, 15) is 0 Å². The Balaban J connectivity index is 1.95. The number of rotatable bonds is 7. The first-order valence-corrected chi connectivity index (χ1v) is 10.8. The Bertz CT molecular complexity index is 363. The van der Waals surface area contributed by atoms with Crippen molar-refractivity contribution in [2.75, 3.05) is 19.6 Å². The average molecular weight is 337 g/mol. The van der Waals surface area contributed by atoms with E-state index in [4.69, 9.17) is 0 Å². The third kappa shape index (κ3) is 5.21. The van der Waals surface area contributed by atoms with Crippen molar-refractivity contribution in [2.45, 2.75) is 98.7 Å². The zero-order valence-electron chi connectivity index (χ0n) is 17.6. The molecule has 0 radical (unpaired) electrons. The van der Waals surface area contributed by atoms with E-state index < -0.39 is 0 Å². The summed E-state index contributed by atoms with van der Waals surface area (Å²) in [6, 6.07) is 2.28. The second-order valence-electron chi connectivity index (χ2n) is 9.80. The Morgan fingerprint density at radius 2 is 1.58 bits per heavy atom. The summed E-state index contributed by atoms with van der Waals surface area (Å²) in [6.07, 6.45) is 7.06. The molecule has 2 heterocycles. The Hall–Kier alpha value is -0.0800. The molecule has 0 aliphatic carbocycles. The van der Waals surface area contributed by atoms with Crippen LogP contribution in [0.2, 0.25) is 0 Å². The largest absolute Gasteiger partial charge is 0.300 e. The second kappa shape index (κ2) is 9.03. The van der Waals surface area contributed by atoms with Gasteiger partial charge in [0.25, 0.3) is 0 Å². The normalized spacial score (nSPS) is 31.5. The number of likely N-dealkylation sites (tertiary alicyclic amines) is 2. The molecule has 4 atom stereocenters. The summed E-state index contributed by atoms with van der Waals surface area (Å²) in [5, 5.41) is 0. The molecule has 2 fully saturated rings. The van der Waals surface area contributed by atoms with Crippen LogP contribution in [0.1, 0.15) is 80.6 Å². The van der Waals surface area contributed by atoms with Crippen LogP contribution in [0.15, 0.2) is 0 Å². The number of hydrogen-bond donors (Lipinski definition) is 0. The zero-order valence-corrected chi connectivity index (χ0v) is 17.6. The van der Waals surface area contributed by atoms with E-state index in [1.165, 1.54) is 51.7 Å². The minimum absolute atomic E-state index is 0.703. The van der Waals surface area contributed by atoms with Crippen molar-refractivity contribution in [3.63, 3.8) is 0 Å². The lowest BCUT2D eigenvalue weighted by Gasteiger charge is -2.40. The monoisotopic (exact) mass is 336 g/mol. The van der Waals surface area contributed by atoms with Crippen molar-refractivity contribution in [3.05, 3.63) is 0 Å². The van der Waals surface area contributed by atoms with Gasteiger partial charge in [0.2, 0.25) is 0 Å². The lowest BCUT2D eigenvalue weighted by molar-refractivity contribution is 0.0857. The molecule has 2 heteroatoms. The fourth-order valence-corrected chi connectivity index (χ4v) is 5.24. The van der Waals surface area contributed by atoms with E-state index in [-0.39, 0.29) is 0 Å². The van der Waals surface area contributed by atoms with Gasteiger partial charge in [-0.15, -0.1) is 0 Å². The van der Waals surface area contributed by atoms with Crippen molar-refractivity contribution in [3.8, 4) is 0 Å². The quantitative estimate of drug-likeness (QED) is 0.624. The van der Waals surface area contributed by atoms with Gasteiger partial charge in [-0.1, -0.05) is 27.7 Å². The van der Waals surface area contributed by atoms with Gasteiger partial charge in [0.15, 0.2) is 0 Å². The predicted molar refractivity (Wildman–Crippen MR) is 106 cm³/mol. The van der Waals surface area contributed by atoms with E-state index in [0.29, 0.717) is 6.04 Å². The van der Waals surface area contributed by atoms with Crippen LogP contribution in [-0.2, 0) is 0 Å². The molecule has 0 saturated carbocycles. The first kappa shape index (κ1) is 20.2. The van der Waals surface area contributed by atoms with Gasteiger partial charge in [-0.3, -0.25) is 4.90 Å². The molecule has 0 bridgehead atoms. The van der Waals surface area contributed by atoms with Crippen LogP contribution < -0.4 is 0 Å². The molecule has 0 aromatic carbocycles. The number of hydrogen-bond acceptors (Lipinski definition) is 2. The minimum Gasteiger partial charge on any atom is -0.300 e. The summed E-state index contributed by atoms with van der Waals surface area (Å²) in [6.45, 7) is 20.9. The third-order valence-corrected chi connectivity index (χ3v) is 6.80. The molecule has 2 aliphatic rings. The highest BCUT2D eigenvalue weighted by Gasteiger charge is 2.37. The highest BCUT2D eigenvalue weighted by molar-refractivity contribution is 4.91. The van der Waals surface area contributed by atoms with Crippen molar-refractivity contribution in [1.29, 1.82) is 0 Å². The van der Waals surface area contributed by atoms with E-state index in [1.807, 2.05) is 0 Å². The topological polar surface area (TPSA) is 6.48 Å². The maximum Gasteiger partial charge on any atom is 0.0130 e. The molecule has 0 spiro atoms. The molecular weight excluding hydrogens is 292 g/mol. The van der Waals surface area contributed by atoms with Gasteiger partial charge in [0, 0.05) is 24.7 Å². The maximum atomic E-state index is 2.82. The Morgan fingerprint density at radius 3 is 2.17 bits per heavy atom. The summed E-state index contributed by atoms with van der Waals surface area (Å²) in [5.74, 6) is 3.48. The second-order valence-corrected chi connectivity index (χ2v) is 9.80. The standard InChI is InChI=1S/C22H44N2/c1-16(2)13-22-20(10-12-24(22)18(5)6)14-19(7)23-11-8-9-21(15-23)17(3)4/h16-22H,8-15H2,1-7H3. The number of nitrogens with zero attached hydrogens (tertiary/aromatic N) is 2. The van der Waals surface area contributed by atoms with Crippen LogP contribution in [0.3, 0.4) is 0 Å². The molecule has 0 amide bonds. The lowest BCUT2D eigenvalue weighted by Crippen LogP contribution is -2.45. The van der Waals surface area contributed by atoms with Crippen LogP contribution in [0.25, 0.3) is 0 Å². The number of piperidine rings is 1. The van der Waals surface area contributed by atoms with Crippen molar-refractivity contribution >= 4 is 0 Å². The lowest BCUT2D eigenvalue weighted by atomic mass is 9.84. The summed E-state index contributed by atoms with van der Waals surface area (Å²) in [5.41, 5.74) is 0. The van der Waals surface area contributed by atoms with Gasteiger partial charge < -0.3 is 4.90 Å². The highest BCUT2D eigenvalue weighted by Crippen LogP contribution is 2.35. The average Bonchev–Trinajstić information content (AvgIpc) is 2.89. The van der Waals surface area contributed by atoms with Crippen LogP contribution in [0.4, 0.5) is 0 Å². The molecule has 24 heavy (non-hydrogen) atoms. The Kier molecular flexibility index (Phi) is 7.61. The van der Waals surface area contributed by atoms with Gasteiger partial charge in [-0.25, -0.2) is 0 Å². The molecule has 0 aromatic rings. The summed E-state index contributed by atoms with van der Waals surface area (Å²) < 4.78 is 0. The molecule has 2 saturated heterocycles. The van der Waals surface area contributed by atoms with E-state index >= 15 is 0 Å². The highest BCUT2D eigenvalue weighted by atomic mass is 15.2. The van der Waals surface area contributed by atoms with E-state index in [1.54, 1.807) is 0 Å². The molecule has 0 aromatic heterocycles. The first-order chi connectivity index (χ1) is 11.3. The SMILES string of the molecule is CC(C)CC1C(CC(C)N2CCCC(C(C)C)C2)CCN1C(C)C. The van der Waals surface area contributed by atoms with Gasteiger partial charge in [0.1, 0.15) is 0 Å². The van der Waals surface area contributed by atoms with Crippen molar-refractivity contribution in [2.24, 2.45) is 23.7 Å². The van der Waals surface area contributed by atoms with E-state index in [0.717, 1.165) is 35.8 Å². The summed E-state index contributed by atoms with van der Waals surface area (Å²) in [4.78, 5) is 5.61. The van der Waals surface area contributed by atoms with Gasteiger partial charge in [-0.05, 0) is 89.6 Å². The summed E-state index contributed by atoms with van der Waals surface area (Å²) >= 11 is 0. The Labute approximate surface area is 152 Å². The molecule has 142 valence electrons. The molecule has 4 unspecified atom stereocenters.